The SMILES string of the molecule is O=C(O)c1ccccc1-c1nc2ccccc2c2nc(=O)c(-c3ccccc3)nn12. The lowest BCUT2D eigenvalue weighted by atomic mass is 10.1. The van der Waals surface area contributed by atoms with E-state index in [4.69, 9.17) is 0 Å². The van der Waals surface area contributed by atoms with Gasteiger partial charge in [0, 0.05) is 16.5 Å². The third kappa shape index (κ3) is 2.80. The molecule has 0 bridgehead atoms. The van der Waals surface area contributed by atoms with Gasteiger partial charge < -0.3 is 5.11 Å². The van der Waals surface area contributed by atoms with E-state index in [2.05, 4.69) is 15.1 Å². The lowest BCUT2D eigenvalue weighted by Crippen LogP contribution is -2.18. The number of rotatable bonds is 3. The minimum atomic E-state index is -1.08. The van der Waals surface area contributed by atoms with Crippen molar-refractivity contribution < 1.29 is 9.90 Å². The summed E-state index contributed by atoms with van der Waals surface area (Å²) in [6, 6.07) is 22.8. The Kier molecular flexibility index (Phi) is 4.07. The number of nitrogens with zero attached hydrogens (tertiary/aromatic N) is 4. The highest BCUT2D eigenvalue weighted by Gasteiger charge is 2.19. The Labute approximate surface area is 169 Å². The van der Waals surface area contributed by atoms with Crippen molar-refractivity contribution in [3.05, 3.63) is 94.8 Å². The third-order valence-corrected chi connectivity index (χ3v) is 4.83. The van der Waals surface area contributed by atoms with Crippen LogP contribution >= 0.6 is 0 Å². The zero-order valence-electron chi connectivity index (χ0n) is 15.6. The number of carboxylic acids is 1. The van der Waals surface area contributed by atoms with E-state index in [9.17, 15) is 14.7 Å². The molecule has 2 aromatic heterocycles. The van der Waals surface area contributed by atoms with Gasteiger partial charge >= 0.3 is 5.97 Å². The Bertz CT molecular complexity index is 1490. The molecule has 0 amide bonds. The van der Waals surface area contributed by atoms with E-state index in [0.29, 0.717) is 33.5 Å². The number of hydrogen-bond donors (Lipinski definition) is 1. The predicted octanol–water partition coefficient (Wildman–Crippen LogP) is 3.67. The largest absolute Gasteiger partial charge is 0.478 e. The van der Waals surface area contributed by atoms with E-state index in [1.54, 1.807) is 42.5 Å². The van der Waals surface area contributed by atoms with E-state index in [1.165, 1.54) is 10.6 Å². The van der Waals surface area contributed by atoms with Crippen LogP contribution in [0.4, 0.5) is 0 Å². The van der Waals surface area contributed by atoms with Crippen LogP contribution in [0.15, 0.2) is 83.7 Å². The quantitative estimate of drug-likeness (QED) is 0.469. The second kappa shape index (κ2) is 6.89. The van der Waals surface area contributed by atoms with Crippen LogP contribution in [0.25, 0.3) is 39.2 Å². The van der Waals surface area contributed by atoms with E-state index in [-0.39, 0.29) is 11.3 Å². The fourth-order valence-corrected chi connectivity index (χ4v) is 3.45. The van der Waals surface area contributed by atoms with Gasteiger partial charge in [-0.15, -0.1) is 0 Å². The Balaban J connectivity index is 1.94. The molecular formula is C23H14N4O3. The molecule has 7 heteroatoms. The third-order valence-electron chi connectivity index (χ3n) is 4.83. The molecule has 3 aromatic carbocycles. The molecule has 0 atom stereocenters. The summed E-state index contributed by atoms with van der Waals surface area (Å²) in [6.07, 6.45) is 0. The number of benzene rings is 3. The summed E-state index contributed by atoms with van der Waals surface area (Å²) < 4.78 is 1.45. The summed E-state index contributed by atoms with van der Waals surface area (Å²) in [4.78, 5) is 33.6. The van der Waals surface area contributed by atoms with Crippen molar-refractivity contribution in [3.8, 4) is 22.6 Å². The van der Waals surface area contributed by atoms with Gasteiger partial charge in [-0.1, -0.05) is 60.7 Å². The first-order chi connectivity index (χ1) is 14.6. The minimum absolute atomic E-state index is 0.0864. The van der Waals surface area contributed by atoms with Crippen molar-refractivity contribution in [1.82, 2.24) is 19.6 Å². The van der Waals surface area contributed by atoms with Gasteiger partial charge in [0.2, 0.25) is 0 Å². The van der Waals surface area contributed by atoms with E-state index in [1.807, 2.05) is 30.3 Å². The molecule has 0 saturated heterocycles. The smallest absolute Gasteiger partial charge is 0.336 e. The molecule has 5 rings (SSSR count). The average Bonchev–Trinajstić information content (AvgIpc) is 2.78. The maximum atomic E-state index is 12.8. The lowest BCUT2D eigenvalue weighted by Gasteiger charge is -2.13. The lowest BCUT2D eigenvalue weighted by molar-refractivity contribution is 0.0697. The normalized spacial score (nSPS) is 11.1. The molecule has 0 unspecified atom stereocenters. The second-order valence-electron chi connectivity index (χ2n) is 6.67. The fraction of sp³-hybridized carbons (Fsp3) is 0. The predicted molar refractivity (Wildman–Crippen MR) is 112 cm³/mol. The maximum Gasteiger partial charge on any atom is 0.336 e. The van der Waals surface area contributed by atoms with Crippen LogP contribution in [0.5, 0.6) is 0 Å². The molecule has 0 spiro atoms. The molecule has 0 saturated carbocycles. The van der Waals surface area contributed by atoms with Crippen molar-refractivity contribution in [2.45, 2.75) is 0 Å². The second-order valence-corrected chi connectivity index (χ2v) is 6.67. The van der Waals surface area contributed by atoms with Crippen LogP contribution in [-0.4, -0.2) is 30.7 Å². The van der Waals surface area contributed by atoms with E-state index < -0.39 is 11.5 Å². The van der Waals surface area contributed by atoms with Crippen LogP contribution in [0, 0.1) is 0 Å². The minimum Gasteiger partial charge on any atom is -0.478 e. The van der Waals surface area contributed by atoms with Crippen LogP contribution in [-0.2, 0) is 0 Å². The molecule has 5 aromatic rings. The molecule has 0 aliphatic rings. The first-order valence-electron chi connectivity index (χ1n) is 9.21. The number of carboxylic acid groups (broad SMARTS) is 1. The number of aromatic carboxylic acids is 1. The Morgan fingerprint density at radius 3 is 2.33 bits per heavy atom. The van der Waals surface area contributed by atoms with Crippen molar-refractivity contribution in [2.24, 2.45) is 0 Å². The molecule has 0 radical (unpaired) electrons. The van der Waals surface area contributed by atoms with Crippen LogP contribution in [0.1, 0.15) is 10.4 Å². The maximum absolute atomic E-state index is 12.8. The monoisotopic (exact) mass is 394 g/mol. The van der Waals surface area contributed by atoms with Crippen LogP contribution in [0.2, 0.25) is 0 Å². The van der Waals surface area contributed by atoms with Gasteiger partial charge in [0.25, 0.3) is 5.56 Å². The van der Waals surface area contributed by atoms with E-state index in [0.717, 1.165) is 0 Å². The highest BCUT2D eigenvalue weighted by atomic mass is 16.4. The van der Waals surface area contributed by atoms with E-state index >= 15 is 0 Å². The molecular weight excluding hydrogens is 380 g/mol. The van der Waals surface area contributed by atoms with Gasteiger partial charge in [0.15, 0.2) is 17.2 Å². The number of fused-ring (bicyclic) bond motifs is 3. The topological polar surface area (TPSA) is 97.5 Å². The first kappa shape index (κ1) is 17.7. The summed E-state index contributed by atoms with van der Waals surface area (Å²) >= 11 is 0. The van der Waals surface area contributed by atoms with Crippen LogP contribution in [0.3, 0.4) is 0 Å². The van der Waals surface area contributed by atoms with Crippen LogP contribution < -0.4 is 5.56 Å². The summed E-state index contributed by atoms with van der Waals surface area (Å²) in [7, 11) is 0. The Morgan fingerprint density at radius 2 is 1.53 bits per heavy atom. The number of carbonyl (C=O) groups is 1. The van der Waals surface area contributed by atoms with Crippen molar-refractivity contribution >= 4 is 22.5 Å². The highest BCUT2D eigenvalue weighted by molar-refractivity contribution is 5.97. The van der Waals surface area contributed by atoms with Gasteiger partial charge in [0.05, 0.1) is 11.1 Å². The molecule has 30 heavy (non-hydrogen) atoms. The zero-order chi connectivity index (χ0) is 20.7. The van der Waals surface area contributed by atoms with Gasteiger partial charge in [-0.05, 0) is 18.2 Å². The molecule has 2 heterocycles. The van der Waals surface area contributed by atoms with Crippen molar-refractivity contribution in [2.75, 3.05) is 0 Å². The molecule has 0 aliphatic heterocycles. The van der Waals surface area contributed by atoms with Gasteiger partial charge in [-0.2, -0.15) is 14.6 Å². The van der Waals surface area contributed by atoms with Gasteiger partial charge in [-0.25, -0.2) is 9.78 Å². The average molecular weight is 394 g/mol. The van der Waals surface area contributed by atoms with Gasteiger partial charge in [-0.3, -0.25) is 4.79 Å². The Hall–Kier alpha value is -4.39. The first-order valence-corrected chi connectivity index (χ1v) is 9.21. The fourth-order valence-electron chi connectivity index (χ4n) is 3.45. The molecule has 1 N–H and O–H groups in total. The molecule has 7 nitrogen and oxygen atoms in total. The standard InChI is InChI=1S/C23H14N4O3/c28-22-19(14-8-2-1-3-9-14)26-27-20(15-10-4-5-11-16(15)23(29)30)24-18-13-7-6-12-17(18)21(27)25-22/h1-13H,(H,29,30). The molecule has 0 fully saturated rings. The number of aromatic nitrogens is 4. The number of hydrogen-bond acceptors (Lipinski definition) is 5. The summed E-state index contributed by atoms with van der Waals surface area (Å²) in [5.74, 6) is -0.780. The van der Waals surface area contributed by atoms with Gasteiger partial charge in [0.1, 0.15) is 0 Å². The summed E-state index contributed by atoms with van der Waals surface area (Å²) in [5.41, 5.74) is 1.71. The van der Waals surface area contributed by atoms with Crippen molar-refractivity contribution in [1.29, 1.82) is 0 Å². The zero-order valence-corrected chi connectivity index (χ0v) is 15.6. The summed E-state index contributed by atoms with van der Waals surface area (Å²) in [5, 5.41) is 14.9. The molecule has 144 valence electrons. The highest BCUT2D eigenvalue weighted by Crippen LogP contribution is 2.27. The van der Waals surface area contributed by atoms with Crippen molar-refractivity contribution in [3.63, 3.8) is 0 Å². The number of para-hydroxylation sites is 1. The Morgan fingerprint density at radius 1 is 0.833 bits per heavy atom. The molecule has 0 aliphatic carbocycles. The summed E-state index contributed by atoms with van der Waals surface area (Å²) in [6.45, 7) is 0.